The van der Waals surface area contributed by atoms with E-state index >= 15 is 0 Å². The van der Waals surface area contributed by atoms with Crippen molar-refractivity contribution >= 4 is 5.91 Å². The summed E-state index contributed by atoms with van der Waals surface area (Å²) in [5.41, 5.74) is 1.13. The Hall–Kier alpha value is -2.56. The molecule has 2 aromatic carbocycles. The first-order chi connectivity index (χ1) is 11.2. The highest BCUT2D eigenvalue weighted by atomic mass is 19.1. The molecule has 0 bridgehead atoms. The molecule has 0 aliphatic heterocycles. The van der Waals surface area contributed by atoms with Gasteiger partial charge in [-0.25, -0.2) is 4.39 Å². The molecule has 122 valence electrons. The Bertz CT molecular complexity index is 611. The summed E-state index contributed by atoms with van der Waals surface area (Å²) in [5.74, 6) is 0.988. The number of methoxy groups -OCH3 is 1. The van der Waals surface area contributed by atoms with Crippen molar-refractivity contribution in [3.05, 3.63) is 59.9 Å². The zero-order chi connectivity index (χ0) is 16.5. The highest BCUT2D eigenvalue weighted by molar-refractivity contribution is 5.75. The highest BCUT2D eigenvalue weighted by Crippen LogP contribution is 2.12. The zero-order valence-corrected chi connectivity index (χ0v) is 13.0. The van der Waals surface area contributed by atoms with Crippen LogP contribution in [0.5, 0.6) is 11.5 Å². The van der Waals surface area contributed by atoms with Crippen molar-refractivity contribution in [1.29, 1.82) is 0 Å². The molecule has 2 aromatic rings. The Balaban J connectivity index is 1.62. The van der Waals surface area contributed by atoms with E-state index in [1.807, 2.05) is 24.3 Å². The van der Waals surface area contributed by atoms with E-state index in [1.54, 1.807) is 7.11 Å². The minimum absolute atomic E-state index is 0.0689. The maximum atomic E-state index is 12.7. The SMILES string of the molecule is COc1ccc(CCNC(=O)CCOc2ccc(F)cc2)cc1. The Kier molecular flexibility index (Phi) is 6.41. The van der Waals surface area contributed by atoms with Gasteiger partial charge in [-0.2, -0.15) is 0 Å². The number of nitrogens with one attached hydrogen (secondary N) is 1. The van der Waals surface area contributed by atoms with E-state index in [1.165, 1.54) is 24.3 Å². The number of halogens is 1. The van der Waals surface area contributed by atoms with E-state index in [4.69, 9.17) is 9.47 Å². The predicted octanol–water partition coefficient (Wildman–Crippen LogP) is 2.96. The van der Waals surface area contributed by atoms with Crippen LogP contribution in [0.15, 0.2) is 48.5 Å². The van der Waals surface area contributed by atoms with Gasteiger partial charge in [0.05, 0.1) is 20.1 Å². The van der Waals surface area contributed by atoms with Crippen LogP contribution in [0.25, 0.3) is 0 Å². The van der Waals surface area contributed by atoms with E-state index in [-0.39, 0.29) is 24.8 Å². The first-order valence-electron chi connectivity index (χ1n) is 7.45. The van der Waals surface area contributed by atoms with Crippen molar-refractivity contribution in [2.24, 2.45) is 0 Å². The summed E-state index contributed by atoms with van der Waals surface area (Å²) in [7, 11) is 1.63. The van der Waals surface area contributed by atoms with Gasteiger partial charge >= 0.3 is 0 Å². The van der Waals surface area contributed by atoms with Crippen LogP contribution in [0.1, 0.15) is 12.0 Å². The lowest BCUT2D eigenvalue weighted by Gasteiger charge is -2.08. The standard InChI is InChI=1S/C18H20FNO3/c1-22-16-6-2-14(3-7-16)10-12-20-18(21)11-13-23-17-8-4-15(19)5-9-17/h2-9H,10-13H2,1H3,(H,20,21). The van der Waals surface area contributed by atoms with Gasteiger partial charge in [0.2, 0.25) is 5.91 Å². The number of amides is 1. The first-order valence-corrected chi connectivity index (χ1v) is 7.45. The summed E-state index contributed by atoms with van der Waals surface area (Å²) in [6.07, 6.45) is 1.02. The van der Waals surface area contributed by atoms with E-state index in [0.29, 0.717) is 12.3 Å². The molecule has 23 heavy (non-hydrogen) atoms. The molecule has 4 nitrogen and oxygen atoms in total. The third-order valence-corrected chi connectivity index (χ3v) is 3.31. The molecule has 1 N–H and O–H groups in total. The average Bonchev–Trinajstić information content (AvgIpc) is 2.57. The smallest absolute Gasteiger partial charge is 0.223 e. The molecular formula is C18H20FNO3. The van der Waals surface area contributed by atoms with Gasteiger partial charge in [-0.1, -0.05) is 12.1 Å². The molecule has 0 unspecified atom stereocenters. The fourth-order valence-corrected chi connectivity index (χ4v) is 2.02. The van der Waals surface area contributed by atoms with Gasteiger partial charge < -0.3 is 14.8 Å². The first kappa shape index (κ1) is 16.8. The highest BCUT2D eigenvalue weighted by Gasteiger charge is 2.02. The van der Waals surface area contributed by atoms with Crippen LogP contribution >= 0.6 is 0 Å². The number of rotatable bonds is 8. The molecule has 1 amide bonds. The van der Waals surface area contributed by atoms with Gasteiger partial charge in [0.1, 0.15) is 17.3 Å². The van der Waals surface area contributed by atoms with Crippen LogP contribution in [-0.2, 0) is 11.2 Å². The van der Waals surface area contributed by atoms with Crippen LogP contribution in [0.2, 0.25) is 0 Å². The van der Waals surface area contributed by atoms with Crippen molar-refractivity contribution in [2.45, 2.75) is 12.8 Å². The topological polar surface area (TPSA) is 47.6 Å². The fraction of sp³-hybridized carbons (Fsp3) is 0.278. The summed E-state index contributed by atoms with van der Waals surface area (Å²) in [5, 5.41) is 2.84. The van der Waals surface area contributed by atoms with Gasteiger partial charge in [0.25, 0.3) is 0 Å². The summed E-state index contributed by atoms with van der Waals surface area (Å²) in [6.45, 7) is 0.835. The minimum atomic E-state index is -0.311. The van der Waals surface area contributed by atoms with Crippen LogP contribution in [0.3, 0.4) is 0 Å². The molecule has 0 atom stereocenters. The largest absolute Gasteiger partial charge is 0.497 e. The van der Waals surface area contributed by atoms with Crippen molar-refractivity contribution in [2.75, 3.05) is 20.3 Å². The van der Waals surface area contributed by atoms with Gasteiger partial charge in [-0.3, -0.25) is 4.79 Å². The molecule has 0 saturated carbocycles. The second-order valence-electron chi connectivity index (χ2n) is 5.00. The average molecular weight is 317 g/mol. The zero-order valence-electron chi connectivity index (χ0n) is 13.0. The van der Waals surface area contributed by atoms with E-state index in [2.05, 4.69) is 5.32 Å². The van der Waals surface area contributed by atoms with Crippen LogP contribution in [0.4, 0.5) is 4.39 Å². The van der Waals surface area contributed by atoms with Gasteiger partial charge in [0, 0.05) is 6.54 Å². The Morgan fingerprint density at radius 3 is 2.35 bits per heavy atom. The number of carbonyl (C=O) groups is 1. The lowest BCUT2D eigenvalue weighted by Crippen LogP contribution is -2.27. The molecule has 0 aliphatic carbocycles. The van der Waals surface area contributed by atoms with Crippen molar-refractivity contribution in [1.82, 2.24) is 5.32 Å². The van der Waals surface area contributed by atoms with Crippen molar-refractivity contribution in [3.63, 3.8) is 0 Å². The third-order valence-electron chi connectivity index (χ3n) is 3.31. The molecule has 0 saturated heterocycles. The van der Waals surface area contributed by atoms with Crippen molar-refractivity contribution in [3.8, 4) is 11.5 Å². The molecule has 0 aromatic heterocycles. The van der Waals surface area contributed by atoms with Crippen LogP contribution in [0, 0.1) is 5.82 Å². The summed E-state index contributed by atoms with van der Waals surface area (Å²) >= 11 is 0. The lowest BCUT2D eigenvalue weighted by atomic mass is 10.1. The number of carbonyl (C=O) groups excluding carboxylic acids is 1. The Labute approximate surface area is 135 Å². The van der Waals surface area contributed by atoms with Gasteiger partial charge in [-0.05, 0) is 48.4 Å². The van der Waals surface area contributed by atoms with E-state index in [9.17, 15) is 9.18 Å². The Morgan fingerprint density at radius 1 is 1.04 bits per heavy atom. The molecule has 0 fully saturated rings. The molecular weight excluding hydrogens is 297 g/mol. The van der Waals surface area contributed by atoms with Gasteiger partial charge in [-0.15, -0.1) is 0 Å². The van der Waals surface area contributed by atoms with Gasteiger partial charge in [0.15, 0.2) is 0 Å². The Morgan fingerprint density at radius 2 is 1.70 bits per heavy atom. The minimum Gasteiger partial charge on any atom is -0.497 e. The van der Waals surface area contributed by atoms with E-state index in [0.717, 1.165) is 17.7 Å². The lowest BCUT2D eigenvalue weighted by molar-refractivity contribution is -0.121. The molecule has 0 heterocycles. The quantitative estimate of drug-likeness (QED) is 0.814. The van der Waals surface area contributed by atoms with E-state index < -0.39 is 0 Å². The fourth-order valence-electron chi connectivity index (χ4n) is 2.02. The number of hydrogen-bond donors (Lipinski definition) is 1. The second-order valence-corrected chi connectivity index (χ2v) is 5.00. The third kappa shape index (κ3) is 5.98. The normalized spacial score (nSPS) is 10.2. The van der Waals surface area contributed by atoms with Crippen LogP contribution < -0.4 is 14.8 Å². The second kappa shape index (κ2) is 8.78. The molecule has 0 radical (unpaired) electrons. The molecule has 5 heteroatoms. The number of benzene rings is 2. The summed E-state index contributed by atoms with van der Waals surface area (Å²) < 4.78 is 23.2. The van der Waals surface area contributed by atoms with Crippen molar-refractivity contribution < 1.29 is 18.7 Å². The maximum Gasteiger partial charge on any atom is 0.223 e. The summed E-state index contributed by atoms with van der Waals surface area (Å²) in [4.78, 5) is 11.7. The monoisotopic (exact) mass is 317 g/mol. The molecule has 0 spiro atoms. The predicted molar refractivity (Wildman–Crippen MR) is 86.2 cm³/mol. The van der Waals surface area contributed by atoms with Crippen LogP contribution in [-0.4, -0.2) is 26.2 Å². The maximum absolute atomic E-state index is 12.7. The molecule has 2 rings (SSSR count). The molecule has 0 aliphatic rings. The summed E-state index contributed by atoms with van der Waals surface area (Å²) in [6, 6.07) is 13.5. The number of hydrogen-bond acceptors (Lipinski definition) is 3. The number of ether oxygens (including phenoxy) is 2.